The van der Waals surface area contributed by atoms with Crippen LogP contribution in [0.3, 0.4) is 0 Å². The zero-order valence-corrected chi connectivity index (χ0v) is 12.3. The summed E-state index contributed by atoms with van der Waals surface area (Å²) in [6, 6.07) is 2.01. The molecule has 0 radical (unpaired) electrons. The second-order valence-corrected chi connectivity index (χ2v) is 4.74. The van der Waals surface area contributed by atoms with Crippen LogP contribution in [0.2, 0.25) is 0 Å². The summed E-state index contributed by atoms with van der Waals surface area (Å²) in [5.74, 6) is -4.53. The molecular formula is C14H11F2N3O5. The minimum atomic E-state index is -1.17. The van der Waals surface area contributed by atoms with Crippen LogP contribution in [0.5, 0.6) is 0 Å². The van der Waals surface area contributed by atoms with E-state index in [4.69, 9.17) is 5.73 Å². The lowest BCUT2D eigenvalue weighted by Crippen LogP contribution is -2.35. The van der Waals surface area contributed by atoms with Crippen LogP contribution in [-0.2, 0) is 11.8 Å². The third kappa shape index (κ3) is 3.37. The van der Waals surface area contributed by atoms with Crippen molar-refractivity contribution in [1.82, 2.24) is 9.55 Å². The van der Waals surface area contributed by atoms with Gasteiger partial charge in [0.05, 0.1) is 5.56 Å². The monoisotopic (exact) mass is 339 g/mol. The molecule has 10 heteroatoms. The number of hydrogen-bond donors (Lipinski definition) is 2. The van der Waals surface area contributed by atoms with Crippen molar-refractivity contribution in [2.45, 2.75) is 0 Å². The first-order chi connectivity index (χ1) is 11.2. The summed E-state index contributed by atoms with van der Waals surface area (Å²) >= 11 is 0. The number of halogens is 2. The van der Waals surface area contributed by atoms with Crippen molar-refractivity contribution in [2.24, 2.45) is 7.05 Å². The van der Waals surface area contributed by atoms with Gasteiger partial charge in [-0.1, -0.05) is 0 Å². The molecule has 0 amide bonds. The Morgan fingerprint density at radius 1 is 1.21 bits per heavy atom. The Balaban J connectivity index is 2.20. The van der Waals surface area contributed by atoms with Gasteiger partial charge in [0, 0.05) is 13.1 Å². The number of nitrogens with one attached hydrogen (secondary N) is 1. The zero-order valence-electron chi connectivity index (χ0n) is 12.3. The normalized spacial score (nSPS) is 10.5. The molecule has 0 atom stereocenters. The molecule has 24 heavy (non-hydrogen) atoms. The summed E-state index contributed by atoms with van der Waals surface area (Å²) in [4.78, 5) is 48.5. The van der Waals surface area contributed by atoms with Crippen LogP contribution in [-0.4, -0.2) is 27.9 Å². The van der Waals surface area contributed by atoms with Gasteiger partial charge in [-0.25, -0.2) is 18.4 Å². The third-order valence-electron chi connectivity index (χ3n) is 3.08. The molecule has 8 nitrogen and oxygen atoms in total. The highest BCUT2D eigenvalue weighted by molar-refractivity contribution is 6.02. The average Bonchev–Trinajstić information content (AvgIpc) is 2.49. The lowest BCUT2D eigenvalue weighted by atomic mass is 10.2. The minimum absolute atomic E-state index is 0.401. The fraction of sp³-hybridized carbons (Fsp3) is 0.143. The van der Waals surface area contributed by atoms with Crippen molar-refractivity contribution < 1.29 is 23.1 Å². The zero-order chi connectivity index (χ0) is 18.0. The number of H-pyrrole nitrogens is 1. The summed E-state index contributed by atoms with van der Waals surface area (Å²) in [5, 5.41) is 0. The number of hydrogen-bond acceptors (Lipinski definition) is 6. The molecule has 1 aromatic heterocycles. The number of anilines is 1. The third-order valence-corrected chi connectivity index (χ3v) is 3.08. The quantitative estimate of drug-likeness (QED) is 0.595. The highest BCUT2D eigenvalue weighted by atomic mass is 19.1. The summed E-state index contributed by atoms with van der Waals surface area (Å²) in [6.45, 7) is -0.900. The van der Waals surface area contributed by atoms with E-state index in [0.717, 1.165) is 16.7 Å². The van der Waals surface area contributed by atoms with Crippen molar-refractivity contribution in [3.8, 4) is 0 Å². The molecule has 0 bridgehead atoms. The Morgan fingerprint density at radius 2 is 1.79 bits per heavy atom. The number of benzene rings is 1. The van der Waals surface area contributed by atoms with Crippen LogP contribution in [0.25, 0.3) is 0 Å². The van der Waals surface area contributed by atoms with E-state index in [9.17, 15) is 28.0 Å². The molecule has 0 unspecified atom stereocenters. The number of aromatic nitrogens is 2. The maximum absolute atomic E-state index is 13.0. The molecule has 0 aliphatic heterocycles. The van der Waals surface area contributed by atoms with Crippen LogP contribution in [0.1, 0.15) is 20.7 Å². The van der Waals surface area contributed by atoms with Crippen molar-refractivity contribution in [3.63, 3.8) is 0 Å². The number of nitrogen functional groups attached to an aromatic ring is 1. The number of carbonyl (C=O) groups is 2. The van der Waals surface area contributed by atoms with Gasteiger partial charge < -0.3 is 10.5 Å². The number of carbonyl (C=O) groups excluding carboxylic acids is 2. The lowest BCUT2D eigenvalue weighted by Gasteiger charge is -2.08. The average molecular weight is 339 g/mol. The molecule has 2 rings (SSSR count). The van der Waals surface area contributed by atoms with Crippen LogP contribution in [0.15, 0.2) is 27.8 Å². The number of nitrogens with two attached hydrogens (primary N) is 1. The molecule has 1 aromatic carbocycles. The topological polar surface area (TPSA) is 124 Å². The van der Waals surface area contributed by atoms with Gasteiger partial charge in [-0.2, -0.15) is 0 Å². The Labute approximate surface area is 132 Å². The number of esters is 1. The summed E-state index contributed by atoms with van der Waals surface area (Å²) in [6.07, 6.45) is 0. The first-order valence-corrected chi connectivity index (χ1v) is 6.46. The lowest BCUT2D eigenvalue weighted by molar-refractivity contribution is 0.0473. The smallest absolute Gasteiger partial charge is 0.338 e. The molecular weight excluding hydrogens is 328 g/mol. The number of ketones is 1. The fourth-order valence-corrected chi connectivity index (χ4v) is 1.86. The van der Waals surface area contributed by atoms with E-state index in [2.05, 4.69) is 4.74 Å². The second kappa shape index (κ2) is 6.44. The predicted molar refractivity (Wildman–Crippen MR) is 77.7 cm³/mol. The largest absolute Gasteiger partial charge is 0.454 e. The van der Waals surface area contributed by atoms with Gasteiger partial charge in [0.1, 0.15) is 23.0 Å². The fourth-order valence-electron chi connectivity index (χ4n) is 1.86. The Morgan fingerprint density at radius 3 is 2.38 bits per heavy atom. The van der Waals surface area contributed by atoms with E-state index in [-0.39, 0.29) is 0 Å². The number of aromatic amines is 1. The van der Waals surface area contributed by atoms with Crippen molar-refractivity contribution in [2.75, 3.05) is 12.3 Å². The van der Waals surface area contributed by atoms with Crippen LogP contribution in [0, 0.1) is 11.6 Å². The Hall–Kier alpha value is -3.30. The summed E-state index contributed by atoms with van der Waals surface area (Å²) in [7, 11) is 1.23. The standard InChI is InChI=1S/C14H11F2N3O5/c1-19-11(17)10(12(21)18-14(19)23)9(20)5-24-13(22)6-2-7(15)4-8(16)3-6/h2-4H,5,17H2,1H3,(H,18,21,23). The number of ether oxygens (including phenoxy) is 1. The Bertz CT molecular complexity index is 928. The van der Waals surface area contributed by atoms with Gasteiger partial charge in [-0.3, -0.25) is 19.1 Å². The van der Waals surface area contributed by atoms with Crippen LogP contribution >= 0.6 is 0 Å². The molecule has 1 heterocycles. The predicted octanol–water partition coefficient (Wildman–Crippen LogP) is -0.0263. The minimum Gasteiger partial charge on any atom is -0.454 e. The molecule has 0 saturated carbocycles. The van der Waals surface area contributed by atoms with E-state index >= 15 is 0 Å². The molecule has 0 fully saturated rings. The van der Waals surface area contributed by atoms with Crippen molar-refractivity contribution >= 4 is 17.6 Å². The van der Waals surface area contributed by atoms with Crippen molar-refractivity contribution in [3.05, 3.63) is 61.8 Å². The highest BCUT2D eigenvalue weighted by Gasteiger charge is 2.20. The number of nitrogens with zero attached hydrogens (tertiary/aromatic N) is 1. The summed E-state index contributed by atoms with van der Waals surface area (Å²) in [5.41, 5.74) is 2.67. The van der Waals surface area contributed by atoms with Crippen molar-refractivity contribution in [1.29, 1.82) is 0 Å². The Kier molecular flexibility index (Phi) is 4.58. The van der Waals surface area contributed by atoms with Gasteiger partial charge in [0.25, 0.3) is 5.56 Å². The number of rotatable bonds is 4. The first kappa shape index (κ1) is 17.1. The van der Waals surface area contributed by atoms with Crippen LogP contribution < -0.4 is 17.0 Å². The van der Waals surface area contributed by atoms with E-state index in [1.165, 1.54) is 7.05 Å². The number of Topliss-reactive ketones (excluding diaryl/α,β-unsaturated/α-hetero) is 1. The van der Waals surface area contributed by atoms with Gasteiger partial charge in [-0.05, 0) is 12.1 Å². The maximum Gasteiger partial charge on any atom is 0.338 e. The second-order valence-electron chi connectivity index (χ2n) is 4.74. The van der Waals surface area contributed by atoms with Gasteiger partial charge >= 0.3 is 11.7 Å². The molecule has 2 aromatic rings. The van der Waals surface area contributed by atoms with E-state index in [1.54, 1.807) is 0 Å². The van der Waals surface area contributed by atoms with E-state index in [0.29, 0.717) is 6.07 Å². The van der Waals surface area contributed by atoms with Gasteiger partial charge in [-0.15, -0.1) is 0 Å². The van der Waals surface area contributed by atoms with Gasteiger partial charge in [0.15, 0.2) is 6.61 Å². The first-order valence-electron chi connectivity index (χ1n) is 6.46. The SMILES string of the molecule is Cn1c(N)c(C(=O)COC(=O)c2cc(F)cc(F)c2)c(=O)[nH]c1=O. The molecule has 0 saturated heterocycles. The van der Waals surface area contributed by atoms with E-state index < -0.39 is 58.2 Å². The van der Waals surface area contributed by atoms with E-state index in [1.807, 2.05) is 4.98 Å². The van der Waals surface area contributed by atoms with Gasteiger partial charge in [0.2, 0.25) is 5.78 Å². The molecule has 126 valence electrons. The molecule has 0 aliphatic rings. The molecule has 3 N–H and O–H groups in total. The summed E-state index contributed by atoms with van der Waals surface area (Å²) < 4.78 is 31.5. The maximum atomic E-state index is 13.0. The molecule has 0 spiro atoms. The highest BCUT2D eigenvalue weighted by Crippen LogP contribution is 2.10. The van der Waals surface area contributed by atoms with Crippen LogP contribution in [0.4, 0.5) is 14.6 Å². The molecule has 0 aliphatic carbocycles.